The Bertz CT molecular complexity index is 393. The molecule has 5 heteroatoms. The van der Waals surface area contributed by atoms with Gasteiger partial charge in [0.25, 0.3) is 0 Å². The summed E-state index contributed by atoms with van der Waals surface area (Å²) in [7, 11) is 4.90. The van der Waals surface area contributed by atoms with E-state index in [9.17, 15) is 0 Å². The Morgan fingerprint density at radius 3 is 2.35 bits per heavy atom. The average Bonchev–Trinajstić information content (AvgIpc) is 2.47. The minimum absolute atomic E-state index is 0.0858. The highest BCUT2D eigenvalue weighted by atomic mass is 16.7. The summed E-state index contributed by atoms with van der Waals surface area (Å²) in [5, 5.41) is 3.36. The molecule has 0 saturated carbocycles. The van der Waals surface area contributed by atoms with Gasteiger partial charge in [0.05, 0.1) is 19.8 Å². The van der Waals surface area contributed by atoms with Gasteiger partial charge in [-0.3, -0.25) is 0 Å². The van der Waals surface area contributed by atoms with Crippen LogP contribution >= 0.6 is 0 Å². The number of hydrogen-bond donors (Lipinski definition) is 1. The van der Waals surface area contributed by atoms with Crippen molar-refractivity contribution in [1.82, 2.24) is 5.32 Å². The minimum atomic E-state index is -0.264. The lowest BCUT2D eigenvalue weighted by Gasteiger charge is -2.22. The largest absolute Gasteiger partial charge is 0.493 e. The van der Waals surface area contributed by atoms with Crippen molar-refractivity contribution >= 4 is 0 Å². The Morgan fingerprint density at radius 2 is 1.80 bits per heavy atom. The quantitative estimate of drug-likeness (QED) is 0.704. The van der Waals surface area contributed by atoms with Crippen molar-refractivity contribution in [3.8, 4) is 11.5 Å². The summed E-state index contributed by atoms with van der Waals surface area (Å²) in [5.74, 6) is 1.51. The van der Waals surface area contributed by atoms with E-state index in [2.05, 4.69) is 5.32 Å². The standard InChI is InChI=1S/C15H25NO4/c1-6-20-14-9-12(7-8-13(14)17-3)10-16-11(2)15(18-4)19-5/h7-9,11,15-16H,6,10H2,1-5H3. The molecule has 0 aliphatic rings. The fraction of sp³-hybridized carbons (Fsp3) is 0.600. The van der Waals surface area contributed by atoms with Crippen LogP contribution in [0.3, 0.4) is 0 Å². The molecular weight excluding hydrogens is 258 g/mol. The van der Waals surface area contributed by atoms with E-state index in [1.165, 1.54) is 0 Å². The molecule has 1 rings (SSSR count). The van der Waals surface area contributed by atoms with E-state index in [-0.39, 0.29) is 12.3 Å². The van der Waals surface area contributed by atoms with E-state index in [0.29, 0.717) is 13.2 Å². The molecule has 0 aromatic heterocycles. The molecule has 0 aliphatic carbocycles. The van der Waals surface area contributed by atoms with Crippen LogP contribution in [0.15, 0.2) is 18.2 Å². The van der Waals surface area contributed by atoms with E-state index >= 15 is 0 Å². The lowest BCUT2D eigenvalue weighted by Crippen LogP contribution is -2.39. The zero-order valence-corrected chi connectivity index (χ0v) is 12.9. The summed E-state index contributed by atoms with van der Waals surface area (Å²) < 4.78 is 21.3. The van der Waals surface area contributed by atoms with Gasteiger partial charge in [-0.2, -0.15) is 0 Å². The third-order valence-electron chi connectivity index (χ3n) is 3.03. The van der Waals surface area contributed by atoms with Crippen molar-refractivity contribution in [2.45, 2.75) is 32.7 Å². The van der Waals surface area contributed by atoms with Gasteiger partial charge < -0.3 is 24.3 Å². The third-order valence-corrected chi connectivity index (χ3v) is 3.03. The van der Waals surface area contributed by atoms with Crippen LogP contribution in [0.2, 0.25) is 0 Å². The van der Waals surface area contributed by atoms with Gasteiger partial charge in [-0.1, -0.05) is 6.07 Å². The number of methoxy groups -OCH3 is 3. The van der Waals surface area contributed by atoms with Crippen molar-refractivity contribution in [3.63, 3.8) is 0 Å². The predicted molar refractivity (Wildman–Crippen MR) is 78.3 cm³/mol. The van der Waals surface area contributed by atoms with Crippen LogP contribution in [0, 0.1) is 0 Å². The molecule has 0 saturated heterocycles. The molecule has 5 nitrogen and oxygen atoms in total. The smallest absolute Gasteiger partial charge is 0.171 e. The number of nitrogens with one attached hydrogen (secondary N) is 1. The van der Waals surface area contributed by atoms with Gasteiger partial charge in [0.1, 0.15) is 0 Å². The van der Waals surface area contributed by atoms with Crippen LogP contribution in [0.1, 0.15) is 19.4 Å². The van der Waals surface area contributed by atoms with Gasteiger partial charge >= 0.3 is 0 Å². The van der Waals surface area contributed by atoms with Gasteiger partial charge in [0, 0.05) is 20.8 Å². The Kier molecular flexibility index (Phi) is 7.36. The van der Waals surface area contributed by atoms with Crippen molar-refractivity contribution in [2.24, 2.45) is 0 Å². The molecule has 1 N–H and O–H groups in total. The summed E-state index contributed by atoms with van der Waals surface area (Å²) in [6.45, 7) is 5.28. The molecule has 0 bridgehead atoms. The normalized spacial score (nSPS) is 12.5. The van der Waals surface area contributed by atoms with E-state index in [4.69, 9.17) is 18.9 Å². The Labute approximate surface area is 121 Å². The second-order valence-electron chi connectivity index (χ2n) is 4.43. The topological polar surface area (TPSA) is 49.0 Å². The molecule has 0 heterocycles. The molecule has 0 spiro atoms. The molecule has 20 heavy (non-hydrogen) atoms. The third kappa shape index (κ3) is 4.67. The number of rotatable bonds is 9. The lowest BCUT2D eigenvalue weighted by molar-refractivity contribution is -0.119. The second-order valence-corrected chi connectivity index (χ2v) is 4.43. The Balaban J connectivity index is 2.66. The monoisotopic (exact) mass is 283 g/mol. The highest BCUT2D eigenvalue weighted by Crippen LogP contribution is 2.28. The summed E-state index contributed by atoms with van der Waals surface area (Å²) >= 11 is 0. The molecule has 114 valence electrons. The van der Waals surface area contributed by atoms with E-state index in [1.54, 1.807) is 21.3 Å². The average molecular weight is 283 g/mol. The van der Waals surface area contributed by atoms with E-state index < -0.39 is 0 Å². The zero-order valence-electron chi connectivity index (χ0n) is 12.9. The Hall–Kier alpha value is -1.30. The fourth-order valence-corrected chi connectivity index (χ4v) is 1.98. The first kappa shape index (κ1) is 16.8. The molecule has 0 fully saturated rings. The maximum atomic E-state index is 5.56. The number of benzene rings is 1. The van der Waals surface area contributed by atoms with Gasteiger partial charge in [-0.25, -0.2) is 0 Å². The van der Waals surface area contributed by atoms with Crippen LogP contribution < -0.4 is 14.8 Å². The van der Waals surface area contributed by atoms with Gasteiger partial charge in [0.2, 0.25) is 0 Å². The van der Waals surface area contributed by atoms with Crippen LogP contribution in [-0.4, -0.2) is 40.3 Å². The molecule has 1 aromatic rings. The molecule has 1 aromatic carbocycles. The maximum Gasteiger partial charge on any atom is 0.171 e. The highest BCUT2D eigenvalue weighted by Gasteiger charge is 2.15. The van der Waals surface area contributed by atoms with Gasteiger partial charge in [0.15, 0.2) is 17.8 Å². The highest BCUT2D eigenvalue weighted by molar-refractivity contribution is 5.42. The number of hydrogen-bond acceptors (Lipinski definition) is 5. The second kappa shape index (κ2) is 8.79. The molecule has 0 amide bonds. The van der Waals surface area contributed by atoms with Crippen LogP contribution in [0.4, 0.5) is 0 Å². The lowest BCUT2D eigenvalue weighted by atomic mass is 10.2. The Morgan fingerprint density at radius 1 is 1.10 bits per heavy atom. The van der Waals surface area contributed by atoms with Crippen LogP contribution in [0.5, 0.6) is 11.5 Å². The van der Waals surface area contributed by atoms with Gasteiger partial charge in [-0.05, 0) is 31.5 Å². The van der Waals surface area contributed by atoms with Crippen LogP contribution in [0.25, 0.3) is 0 Å². The minimum Gasteiger partial charge on any atom is -0.493 e. The van der Waals surface area contributed by atoms with Crippen molar-refractivity contribution in [2.75, 3.05) is 27.9 Å². The van der Waals surface area contributed by atoms with E-state index in [1.807, 2.05) is 32.0 Å². The van der Waals surface area contributed by atoms with Crippen molar-refractivity contribution in [3.05, 3.63) is 23.8 Å². The summed E-state index contributed by atoms with van der Waals surface area (Å²) in [6.07, 6.45) is -0.264. The van der Waals surface area contributed by atoms with Crippen molar-refractivity contribution in [1.29, 1.82) is 0 Å². The summed E-state index contributed by atoms with van der Waals surface area (Å²) in [6, 6.07) is 5.99. The first-order valence-corrected chi connectivity index (χ1v) is 6.74. The first-order valence-electron chi connectivity index (χ1n) is 6.74. The predicted octanol–water partition coefficient (Wildman–Crippen LogP) is 2.19. The number of ether oxygens (including phenoxy) is 4. The molecule has 0 radical (unpaired) electrons. The first-order chi connectivity index (χ1) is 9.65. The van der Waals surface area contributed by atoms with Crippen LogP contribution in [-0.2, 0) is 16.0 Å². The van der Waals surface area contributed by atoms with Gasteiger partial charge in [-0.15, -0.1) is 0 Å². The molecular formula is C15H25NO4. The zero-order chi connectivity index (χ0) is 15.0. The molecule has 1 unspecified atom stereocenters. The summed E-state index contributed by atoms with van der Waals surface area (Å²) in [5.41, 5.74) is 1.12. The fourth-order valence-electron chi connectivity index (χ4n) is 1.98. The SMILES string of the molecule is CCOc1cc(CNC(C)C(OC)OC)ccc1OC. The summed E-state index contributed by atoms with van der Waals surface area (Å²) in [4.78, 5) is 0. The van der Waals surface area contributed by atoms with Crippen molar-refractivity contribution < 1.29 is 18.9 Å². The molecule has 1 atom stereocenters. The van der Waals surface area contributed by atoms with E-state index in [0.717, 1.165) is 17.1 Å². The maximum absolute atomic E-state index is 5.56. The molecule has 0 aliphatic heterocycles.